The van der Waals surface area contributed by atoms with Crippen LogP contribution in [0, 0.1) is 28.1 Å². The topological polar surface area (TPSA) is 122 Å². The Hall–Kier alpha value is -2.08. The molecule has 0 atom stereocenters. The Labute approximate surface area is 86.4 Å². The van der Waals surface area contributed by atoms with E-state index in [0.29, 0.717) is 0 Å². The SMILES string of the molecule is N#CC(C#N)(CCC(=O)O)CCC(=O)O. The van der Waals surface area contributed by atoms with E-state index in [1.165, 1.54) is 0 Å². The normalized spacial score (nSPS) is 10.0. The van der Waals surface area contributed by atoms with Gasteiger partial charge in [-0.2, -0.15) is 10.5 Å². The van der Waals surface area contributed by atoms with Gasteiger partial charge < -0.3 is 10.2 Å². The third kappa shape index (κ3) is 4.63. The Morgan fingerprint density at radius 1 is 1.00 bits per heavy atom. The number of hydrogen-bond donors (Lipinski definition) is 2. The first-order valence-corrected chi connectivity index (χ1v) is 4.22. The van der Waals surface area contributed by atoms with Crippen molar-refractivity contribution in [1.82, 2.24) is 0 Å². The van der Waals surface area contributed by atoms with Crippen molar-refractivity contribution >= 4 is 11.9 Å². The van der Waals surface area contributed by atoms with Crippen LogP contribution in [0.1, 0.15) is 25.7 Å². The summed E-state index contributed by atoms with van der Waals surface area (Å²) in [7, 11) is 0. The molecule has 0 heterocycles. The van der Waals surface area contributed by atoms with Crippen molar-refractivity contribution in [3.8, 4) is 12.1 Å². The molecule has 0 aliphatic heterocycles. The summed E-state index contributed by atoms with van der Waals surface area (Å²) in [5, 5.41) is 34.3. The molecular weight excluding hydrogens is 200 g/mol. The molecule has 0 aromatic heterocycles. The van der Waals surface area contributed by atoms with E-state index < -0.39 is 17.4 Å². The van der Waals surface area contributed by atoms with Crippen LogP contribution in [0.4, 0.5) is 0 Å². The highest BCUT2D eigenvalue weighted by Gasteiger charge is 2.31. The number of nitrogens with zero attached hydrogens (tertiary/aromatic N) is 2. The summed E-state index contributed by atoms with van der Waals surface area (Å²) in [5.41, 5.74) is -1.50. The zero-order chi connectivity index (χ0) is 11.9. The highest BCUT2D eigenvalue weighted by molar-refractivity contribution is 5.67. The van der Waals surface area contributed by atoms with E-state index in [1.54, 1.807) is 12.1 Å². The zero-order valence-electron chi connectivity index (χ0n) is 7.93. The van der Waals surface area contributed by atoms with Crippen LogP contribution < -0.4 is 0 Å². The van der Waals surface area contributed by atoms with Crippen LogP contribution in [-0.4, -0.2) is 22.2 Å². The van der Waals surface area contributed by atoms with Crippen molar-refractivity contribution in [2.75, 3.05) is 0 Å². The molecule has 0 rings (SSSR count). The molecule has 0 amide bonds. The molecule has 80 valence electrons. The first-order chi connectivity index (χ1) is 6.95. The number of carbonyl (C=O) groups is 2. The lowest BCUT2D eigenvalue weighted by molar-refractivity contribution is -0.137. The molecule has 0 aromatic rings. The summed E-state index contributed by atoms with van der Waals surface area (Å²) in [6, 6.07) is 3.38. The molecular formula is C9H10N2O4. The molecule has 0 unspecified atom stereocenters. The third-order valence-electron chi connectivity index (χ3n) is 1.96. The summed E-state index contributed by atoms with van der Waals surface area (Å²) >= 11 is 0. The van der Waals surface area contributed by atoms with Crippen molar-refractivity contribution in [2.45, 2.75) is 25.7 Å². The predicted molar refractivity (Wildman–Crippen MR) is 47.4 cm³/mol. The van der Waals surface area contributed by atoms with Gasteiger partial charge in [0.2, 0.25) is 0 Å². The standard InChI is InChI=1S/C9H10N2O4/c10-5-9(6-11,3-1-7(12)13)4-2-8(14)15/h1-4H2,(H,12,13)(H,14,15). The van der Waals surface area contributed by atoms with E-state index in [1.807, 2.05) is 0 Å². The molecule has 0 bridgehead atoms. The lowest BCUT2D eigenvalue weighted by Crippen LogP contribution is -2.19. The Morgan fingerprint density at radius 3 is 1.53 bits per heavy atom. The van der Waals surface area contributed by atoms with Gasteiger partial charge in [0.15, 0.2) is 0 Å². The predicted octanol–water partition coefficient (Wildman–Crippen LogP) is 0.750. The van der Waals surface area contributed by atoms with Gasteiger partial charge in [0.05, 0.1) is 12.1 Å². The van der Waals surface area contributed by atoms with Gasteiger partial charge in [-0.15, -0.1) is 0 Å². The van der Waals surface area contributed by atoms with Crippen molar-refractivity contribution in [2.24, 2.45) is 5.41 Å². The van der Waals surface area contributed by atoms with E-state index in [9.17, 15) is 9.59 Å². The summed E-state index contributed by atoms with van der Waals surface area (Å²) in [6.07, 6.45) is -0.938. The second-order valence-electron chi connectivity index (χ2n) is 3.09. The maximum absolute atomic E-state index is 10.3. The number of carboxylic acid groups (broad SMARTS) is 2. The minimum Gasteiger partial charge on any atom is -0.481 e. The molecule has 6 heteroatoms. The highest BCUT2D eigenvalue weighted by atomic mass is 16.4. The van der Waals surface area contributed by atoms with E-state index >= 15 is 0 Å². The van der Waals surface area contributed by atoms with Gasteiger partial charge in [0, 0.05) is 12.8 Å². The maximum atomic E-state index is 10.3. The molecule has 0 saturated heterocycles. The largest absolute Gasteiger partial charge is 0.481 e. The van der Waals surface area contributed by atoms with E-state index in [2.05, 4.69) is 0 Å². The van der Waals surface area contributed by atoms with Gasteiger partial charge in [-0.05, 0) is 12.8 Å². The van der Waals surface area contributed by atoms with Crippen molar-refractivity contribution < 1.29 is 19.8 Å². The number of carboxylic acids is 2. The summed E-state index contributed by atoms with van der Waals surface area (Å²) in [4.78, 5) is 20.6. The number of aliphatic carboxylic acids is 2. The minimum atomic E-state index is -1.50. The number of hydrogen-bond acceptors (Lipinski definition) is 4. The van der Waals surface area contributed by atoms with Gasteiger partial charge in [-0.25, -0.2) is 0 Å². The van der Waals surface area contributed by atoms with Crippen LogP contribution in [0.25, 0.3) is 0 Å². The molecule has 0 aliphatic rings. The molecule has 0 radical (unpaired) electrons. The average Bonchev–Trinajstić information content (AvgIpc) is 2.19. The molecule has 0 aromatic carbocycles. The Morgan fingerprint density at radius 2 is 1.33 bits per heavy atom. The summed E-state index contributed by atoms with van der Waals surface area (Å²) in [5.74, 6) is -2.22. The fraction of sp³-hybridized carbons (Fsp3) is 0.556. The van der Waals surface area contributed by atoms with Crippen LogP contribution in [-0.2, 0) is 9.59 Å². The van der Waals surface area contributed by atoms with Gasteiger partial charge in [0.1, 0.15) is 5.41 Å². The highest BCUT2D eigenvalue weighted by Crippen LogP contribution is 2.28. The van der Waals surface area contributed by atoms with Crippen LogP contribution in [0.2, 0.25) is 0 Å². The molecule has 0 aliphatic carbocycles. The Bertz CT molecular complexity index is 303. The monoisotopic (exact) mass is 210 g/mol. The second kappa shape index (κ2) is 5.61. The fourth-order valence-electron chi connectivity index (χ4n) is 1.01. The van der Waals surface area contributed by atoms with Crippen LogP contribution >= 0.6 is 0 Å². The first kappa shape index (κ1) is 12.9. The number of rotatable bonds is 6. The zero-order valence-corrected chi connectivity index (χ0v) is 7.93. The van der Waals surface area contributed by atoms with Crippen molar-refractivity contribution in [3.05, 3.63) is 0 Å². The fourth-order valence-corrected chi connectivity index (χ4v) is 1.01. The number of nitriles is 2. The first-order valence-electron chi connectivity index (χ1n) is 4.22. The van der Waals surface area contributed by atoms with E-state index in [4.69, 9.17) is 20.7 Å². The van der Waals surface area contributed by atoms with E-state index in [-0.39, 0.29) is 25.7 Å². The van der Waals surface area contributed by atoms with Crippen LogP contribution in [0.3, 0.4) is 0 Å². The maximum Gasteiger partial charge on any atom is 0.303 e. The molecule has 15 heavy (non-hydrogen) atoms. The van der Waals surface area contributed by atoms with E-state index in [0.717, 1.165) is 0 Å². The lowest BCUT2D eigenvalue weighted by Gasteiger charge is -2.15. The molecule has 0 spiro atoms. The van der Waals surface area contributed by atoms with Crippen molar-refractivity contribution in [1.29, 1.82) is 10.5 Å². The van der Waals surface area contributed by atoms with Gasteiger partial charge in [0.25, 0.3) is 0 Å². The van der Waals surface area contributed by atoms with Crippen LogP contribution in [0.15, 0.2) is 0 Å². The Kier molecular flexibility index (Phi) is 4.83. The van der Waals surface area contributed by atoms with Crippen molar-refractivity contribution in [3.63, 3.8) is 0 Å². The van der Waals surface area contributed by atoms with Gasteiger partial charge in [-0.3, -0.25) is 9.59 Å². The molecule has 6 nitrogen and oxygen atoms in total. The molecule has 0 fully saturated rings. The van der Waals surface area contributed by atoms with Crippen LogP contribution in [0.5, 0.6) is 0 Å². The minimum absolute atomic E-state index is 0.150. The molecule has 0 saturated carbocycles. The lowest BCUT2D eigenvalue weighted by atomic mass is 9.82. The summed E-state index contributed by atoms with van der Waals surface area (Å²) < 4.78 is 0. The third-order valence-corrected chi connectivity index (χ3v) is 1.96. The van der Waals surface area contributed by atoms with Gasteiger partial charge >= 0.3 is 11.9 Å². The van der Waals surface area contributed by atoms with Gasteiger partial charge in [-0.1, -0.05) is 0 Å². The smallest absolute Gasteiger partial charge is 0.303 e. The quantitative estimate of drug-likeness (QED) is 0.666. The average molecular weight is 210 g/mol. The molecule has 2 N–H and O–H groups in total. The Balaban J connectivity index is 4.47. The second-order valence-corrected chi connectivity index (χ2v) is 3.09. The summed E-state index contributed by atoms with van der Waals surface area (Å²) in [6.45, 7) is 0.